The van der Waals surface area contributed by atoms with Gasteiger partial charge in [0.2, 0.25) is 0 Å². The van der Waals surface area contributed by atoms with Gasteiger partial charge < -0.3 is 10.4 Å². The van der Waals surface area contributed by atoms with Crippen LogP contribution >= 0.6 is 33.9 Å². The van der Waals surface area contributed by atoms with Gasteiger partial charge in [0, 0.05) is 5.38 Å². The Hall–Kier alpha value is -0.630. The van der Waals surface area contributed by atoms with E-state index < -0.39 is 12.0 Å². The van der Waals surface area contributed by atoms with Crippen LogP contribution in [-0.2, 0) is 4.79 Å². The average molecular weight is 393 g/mol. The molecule has 2 rings (SSSR count). The van der Waals surface area contributed by atoms with Gasteiger partial charge in [0.25, 0.3) is 5.91 Å². The van der Waals surface area contributed by atoms with Crippen LogP contribution in [0.1, 0.15) is 42.5 Å². The van der Waals surface area contributed by atoms with Crippen molar-refractivity contribution >= 4 is 45.8 Å². The van der Waals surface area contributed by atoms with Crippen LogP contribution in [-0.4, -0.2) is 23.0 Å². The summed E-state index contributed by atoms with van der Waals surface area (Å²) in [5, 5.41) is 13.8. The highest BCUT2D eigenvalue weighted by molar-refractivity contribution is 14.1. The van der Waals surface area contributed by atoms with Gasteiger partial charge in [-0.25, -0.2) is 4.79 Å². The van der Waals surface area contributed by atoms with Gasteiger partial charge in [-0.3, -0.25) is 4.79 Å². The van der Waals surface area contributed by atoms with E-state index in [4.69, 9.17) is 0 Å². The number of carboxylic acids is 1. The summed E-state index contributed by atoms with van der Waals surface area (Å²) in [4.78, 5) is 23.4. The van der Waals surface area contributed by atoms with Gasteiger partial charge in [0.1, 0.15) is 6.04 Å². The standard InChI is InChI=1S/C13H16INO3S/c14-10-6-9(7-19-10)12(16)15-11(13(17)18)8-4-2-1-3-5-8/h6-8,11H,1-5H2,(H,15,16)(H,17,18). The molecule has 1 fully saturated rings. The molecule has 0 radical (unpaired) electrons. The molecule has 1 aromatic rings. The van der Waals surface area contributed by atoms with Gasteiger partial charge in [0.05, 0.1) is 8.45 Å². The maximum Gasteiger partial charge on any atom is 0.326 e. The molecule has 1 aliphatic rings. The lowest BCUT2D eigenvalue weighted by Gasteiger charge is -2.27. The minimum atomic E-state index is -0.926. The molecule has 1 aromatic heterocycles. The summed E-state index contributed by atoms with van der Waals surface area (Å²) in [5.41, 5.74) is 0.552. The number of nitrogens with one attached hydrogen (secondary N) is 1. The van der Waals surface area contributed by atoms with Crippen LogP contribution in [0.3, 0.4) is 0 Å². The van der Waals surface area contributed by atoms with Crippen LogP contribution in [0.4, 0.5) is 0 Å². The maximum atomic E-state index is 12.0. The highest BCUT2D eigenvalue weighted by atomic mass is 127. The van der Waals surface area contributed by atoms with E-state index in [-0.39, 0.29) is 11.8 Å². The molecule has 2 N–H and O–H groups in total. The van der Waals surface area contributed by atoms with Gasteiger partial charge in [-0.05, 0) is 47.4 Å². The van der Waals surface area contributed by atoms with Crippen molar-refractivity contribution in [2.24, 2.45) is 5.92 Å². The van der Waals surface area contributed by atoms with Crippen LogP contribution in [0, 0.1) is 8.80 Å². The summed E-state index contributed by atoms with van der Waals surface area (Å²) >= 11 is 3.63. The summed E-state index contributed by atoms with van der Waals surface area (Å²) in [7, 11) is 0. The molecular weight excluding hydrogens is 377 g/mol. The first kappa shape index (κ1) is 14.8. The number of hydrogen-bond donors (Lipinski definition) is 2. The molecule has 0 spiro atoms. The lowest BCUT2D eigenvalue weighted by molar-refractivity contribution is -0.141. The summed E-state index contributed by atoms with van der Waals surface area (Å²) < 4.78 is 1.02. The highest BCUT2D eigenvalue weighted by Crippen LogP contribution is 2.27. The molecule has 0 aromatic carbocycles. The number of rotatable bonds is 4. The maximum absolute atomic E-state index is 12.0. The second kappa shape index (κ2) is 6.69. The first-order valence-electron chi connectivity index (χ1n) is 6.35. The van der Waals surface area contributed by atoms with E-state index in [2.05, 4.69) is 27.9 Å². The number of amides is 1. The number of carboxylic acid groups (broad SMARTS) is 1. The third-order valence-corrected chi connectivity index (χ3v) is 5.29. The molecule has 19 heavy (non-hydrogen) atoms. The molecule has 1 saturated carbocycles. The number of thiophene rings is 1. The van der Waals surface area contributed by atoms with Crippen molar-refractivity contribution in [2.45, 2.75) is 38.1 Å². The Labute approximate surface area is 129 Å². The second-order valence-corrected chi connectivity index (χ2v) is 7.63. The van der Waals surface area contributed by atoms with E-state index in [1.54, 1.807) is 11.4 Å². The lowest BCUT2D eigenvalue weighted by atomic mass is 9.84. The molecule has 104 valence electrons. The van der Waals surface area contributed by atoms with E-state index in [1.165, 1.54) is 17.8 Å². The Kier molecular flexibility index (Phi) is 5.20. The van der Waals surface area contributed by atoms with Crippen molar-refractivity contribution in [2.75, 3.05) is 0 Å². The third-order valence-electron chi connectivity index (χ3n) is 3.50. The monoisotopic (exact) mass is 393 g/mol. The Morgan fingerprint density at radius 1 is 1.37 bits per heavy atom. The fraction of sp³-hybridized carbons (Fsp3) is 0.538. The normalized spacial score (nSPS) is 17.9. The van der Waals surface area contributed by atoms with Gasteiger partial charge in [-0.1, -0.05) is 19.3 Å². The van der Waals surface area contributed by atoms with E-state index in [9.17, 15) is 14.7 Å². The van der Waals surface area contributed by atoms with Crippen molar-refractivity contribution in [3.05, 3.63) is 19.9 Å². The lowest BCUT2D eigenvalue weighted by Crippen LogP contribution is -2.46. The molecular formula is C13H16INO3S. The van der Waals surface area contributed by atoms with Crippen molar-refractivity contribution in [3.63, 3.8) is 0 Å². The molecule has 1 aliphatic carbocycles. The Morgan fingerprint density at radius 2 is 2.05 bits per heavy atom. The van der Waals surface area contributed by atoms with E-state index >= 15 is 0 Å². The number of carbonyl (C=O) groups excluding carboxylic acids is 1. The van der Waals surface area contributed by atoms with Crippen molar-refractivity contribution in [1.29, 1.82) is 0 Å². The van der Waals surface area contributed by atoms with Crippen LogP contribution in [0.5, 0.6) is 0 Å². The molecule has 1 atom stereocenters. The quantitative estimate of drug-likeness (QED) is 0.773. The van der Waals surface area contributed by atoms with Crippen molar-refractivity contribution in [3.8, 4) is 0 Å². The van der Waals surface area contributed by atoms with Gasteiger partial charge in [-0.15, -0.1) is 11.3 Å². The Balaban J connectivity index is 2.04. The van der Waals surface area contributed by atoms with Crippen molar-refractivity contribution in [1.82, 2.24) is 5.32 Å². The van der Waals surface area contributed by atoms with E-state index in [1.807, 2.05) is 0 Å². The summed E-state index contributed by atoms with van der Waals surface area (Å²) in [5.74, 6) is -1.14. The van der Waals surface area contributed by atoms with Crippen LogP contribution < -0.4 is 5.32 Å². The molecule has 0 aliphatic heterocycles. The number of carbonyl (C=O) groups is 2. The predicted molar refractivity (Wildman–Crippen MR) is 82.5 cm³/mol. The average Bonchev–Trinajstić information content (AvgIpc) is 2.83. The molecule has 1 amide bonds. The SMILES string of the molecule is O=C(NC(C(=O)O)C1CCCCC1)c1csc(I)c1. The molecule has 0 saturated heterocycles. The number of aliphatic carboxylic acids is 1. The van der Waals surface area contributed by atoms with Crippen LogP contribution in [0.2, 0.25) is 0 Å². The zero-order valence-electron chi connectivity index (χ0n) is 10.4. The molecule has 1 unspecified atom stereocenters. The van der Waals surface area contributed by atoms with E-state index in [0.29, 0.717) is 5.56 Å². The summed E-state index contributed by atoms with van der Waals surface area (Å²) in [6, 6.07) is 1.02. The zero-order valence-corrected chi connectivity index (χ0v) is 13.4. The fourth-order valence-corrected chi connectivity index (χ4v) is 3.83. The second-order valence-electron chi connectivity index (χ2n) is 4.83. The van der Waals surface area contributed by atoms with Gasteiger partial charge >= 0.3 is 5.97 Å². The molecule has 6 heteroatoms. The largest absolute Gasteiger partial charge is 0.480 e. The summed E-state index contributed by atoms with van der Waals surface area (Å²) in [6.45, 7) is 0. The van der Waals surface area contributed by atoms with Gasteiger partial charge in [-0.2, -0.15) is 0 Å². The fourth-order valence-electron chi connectivity index (χ4n) is 2.50. The minimum Gasteiger partial charge on any atom is -0.480 e. The Bertz CT molecular complexity index is 468. The van der Waals surface area contributed by atoms with Crippen LogP contribution in [0.25, 0.3) is 0 Å². The molecule has 4 nitrogen and oxygen atoms in total. The first-order chi connectivity index (χ1) is 9.08. The number of hydrogen-bond acceptors (Lipinski definition) is 3. The first-order valence-corrected chi connectivity index (χ1v) is 8.31. The van der Waals surface area contributed by atoms with E-state index in [0.717, 1.165) is 28.6 Å². The Morgan fingerprint density at radius 3 is 2.58 bits per heavy atom. The topological polar surface area (TPSA) is 66.4 Å². The molecule has 1 heterocycles. The molecule has 0 bridgehead atoms. The highest BCUT2D eigenvalue weighted by Gasteiger charge is 2.31. The predicted octanol–water partition coefficient (Wildman–Crippen LogP) is 3.12. The zero-order chi connectivity index (χ0) is 13.8. The number of halogens is 1. The van der Waals surface area contributed by atoms with Crippen LogP contribution in [0.15, 0.2) is 11.4 Å². The summed E-state index contributed by atoms with van der Waals surface area (Å²) in [6.07, 6.45) is 5.05. The minimum absolute atomic E-state index is 0.0629. The smallest absolute Gasteiger partial charge is 0.326 e. The van der Waals surface area contributed by atoms with Crippen molar-refractivity contribution < 1.29 is 14.7 Å². The van der Waals surface area contributed by atoms with Gasteiger partial charge in [0.15, 0.2) is 0 Å². The third kappa shape index (κ3) is 3.92.